The van der Waals surface area contributed by atoms with Crippen LogP contribution in [-0.4, -0.2) is 14.2 Å². The number of rotatable bonds is 4. The van der Waals surface area contributed by atoms with Crippen LogP contribution in [0.15, 0.2) is 29.2 Å². The van der Waals surface area contributed by atoms with Crippen molar-refractivity contribution in [3.05, 3.63) is 29.3 Å². The topological polar surface area (TPSA) is 34.1 Å². The van der Waals surface area contributed by atoms with E-state index in [0.717, 1.165) is 6.42 Å². The molecule has 0 heterocycles. The lowest BCUT2D eigenvalue weighted by Crippen LogP contribution is -2.06. The minimum atomic E-state index is -3.13. The van der Waals surface area contributed by atoms with E-state index in [2.05, 4.69) is 0 Å². The van der Waals surface area contributed by atoms with Gasteiger partial charge in [0.1, 0.15) is 0 Å². The molecule has 0 fully saturated rings. The van der Waals surface area contributed by atoms with Crippen LogP contribution in [0.1, 0.15) is 19.8 Å². The van der Waals surface area contributed by atoms with Gasteiger partial charge >= 0.3 is 0 Å². The highest BCUT2D eigenvalue weighted by Crippen LogP contribution is 2.17. The van der Waals surface area contributed by atoms with Gasteiger partial charge in [-0.2, -0.15) is 0 Å². The summed E-state index contributed by atoms with van der Waals surface area (Å²) < 4.78 is 23.4. The molecule has 0 aliphatic carbocycles. The van der Waals surface area contributed by atoms with E-state index >= 15 is 0 Å². The Morgan fingerprint density at radius 2 is 2.07 bits per heavy atom. The Kier molecular flexibility index (Phi) is 3.96. The zero-order valence-electron chi connectivity index (χ0n) is 8.03. The maximum atomic E-state index is 11.7. The lowest BCUT2D eigenvalue weighted by Gasteiger charge is -2.03. The fourth-order valence-corrected chi connectivity index (χ4v) is 2.86. The SMILES string of the molecule is CCCCS(=O)(=O)c1cccc(Cl)c1. The fraction of sp³-hybridized carbons (Fsp3) is 0.400. The van der Waals surface area contributed by atoms with Gasteiger partial charge in [0.2, 0.25) is 0 Å². The summed E-state index contributed by atoms with van der Waals surface area (Å²) in [4.78, 5) is 0.318. The van der Waals surface area contributed by atoms with Gasteiger partial charge in [0.25, 0.3) is 0 Å². The average Bonchev–Trinajstić information content (AvgIpc) is 2.15. The van der Waals surface area contributed by atoms with E-state index in [9.17, 15) is 8.42 Å². The molecular formula is C10H13ClO2S. The van der Waals surface area contributed by atoms with Gasteiger partial charge in [-0.15, -0.1) is 0 Å². The molecule has 2 nitrogen and oxygen atoms in total. The largest absolute Gasteiger partial charge is 0.224 e. The second-order valence-corrected chi connectivity index (χ2v) is 5.68. The molecule has 0 aliphatic rings. The molecule has 1 rings (SSSR count). The van der Waals surface area contributed by atoms with Crippen LogP contribution in [0.25, 0.3) is 0 Å². The molecule has 78 valence electrons. The summed E-state index contributed by atoms with van der Waals surface area (Å²) in [6, 6.07) is 6.39. The molecule has 0 unspecified atom stereocenters. The molecule has 0 amide bonds. The monoisotopic (exact) mass is 232 g/mol. The number of hydrogen-bond acceptors (Lipinski definition) is 2. The standard InChI is InChI=1S/C10H13ClO2S/c1-2-3-7-14(12,13)10-6-4-5-9(11)8-10/h4-6,8H,2-3,7H2,1H3. The first kappa shape index (κ1) is 11.5. The van der Waals surface area contributed by atoms with Crippen LogP contribution >= 0.6 is 11.6 Å². The Morgan fingerprint density at radius 1 is 1.36 bits per heavy atom. The highest BCUT2D eigenvalue weighted by Gasteiger charge is 2.13. The van der Waals surface area contributed by atoms with Crippen LogP contribution in [0.2, 0.25) is 5.02 Å². The van der Waals surface area contributed by atoms with Gasteiger partial charge in [0.05, 0.1) is 10.6 Å². The van der Waals surface area contributed by atoms with Crippen LogP contribution in [0.4, 0.5) is 0 Å². The van der Waals surface area contributed by atoms with Crippen molar-refractivity contribution in [2.24, 2.45) is 0 Å². The Morgan fingerprint density at radius 3 is 2.64 bits per heavy atom. The van der Waals surface area contributed by atoms with Crippen LogP contribution in [0, 0.1) is 0 Å². The van der Waals surface area contributed by atoms with E-state index in [1.165, 1.54) is 6.07 Å². The Labute approximate surface area is 89.8 Å². The third kappa shape index (κ3) is 3.00. The van der Waals surface area contributed by atoms with Crippen molar-refractivity contribution >= 4 is 21.4 Å². The molecule has 4 heteroatoms. The average molecular weight is 233 g/mol. The third-order valence-corrected chi connectivity index (χ3v) is 3.96. The Balaban J connectivity index is 2.93. The summed E-state index contributed by atoms with van der Waals surface area (Å²) in [6.45, 7) is 1.97. The predicted molar refractivity (Wildman–Crippen MR) is 58.4 cm³/mol. The maximum absolute atomic E-state index is 11.7. The molecule has 0 bridgehead atoms. The molecule has 0 atom stereocenters. The molecule has 0 saturated heterocycles. The molecule has 1 aromatic carbocycles. The van der Waals surface area contributed by atoms with Crippen molar-refractivity contribution in [2.45, 2.75) is 24.7 Å². The van der Waals surface area contributed by atoms with Crippen molar-refractivity contribution in [1.29, 1.82) is 0 Å². The quantitative estimate of drug-likeness (QED) is 0.800. The van der Waals surface area contributed by atoms with Crippen LogP contribution in [0.3, 0.4) is 0 Å². The van der Waals surface area contributed by atoms with E-state index in [4.69, 9.17) is 11.6 Å². The number of benzene rings is 1. The second-order valence-electron chi connectivity index (χ2n) is 3.13. The molecule has 0 N–H and O–H groups in total. The van der Waals surface area contributed by atoms with Gasteiger partial charge in [-0.3, -0.25) is 0 Å². The van der Waals surface area contributed by atoms with E-state index in [1.807, 2.05) is 6.92 Å². The molecule has 1 aromatic rings. The van der Waals surface area contributed by atoms with Gasteiger partial charge in [0.15, 0.2) is 9.84 Å². The van der Waals surface area contributed by atoms with Gasteiger partial charge in [-0.05, 0) is 24.6 Å². The third-order valence-electron chi connectivity index (χ3n) is 1.92. The maximum Gasteiger partial charge on any atom is 0.178 e. The van der Waals surface area contributed by atoms with Crippen molar-refractivity contribution < 1.29 is 8.42 Å². The molecule has 14 heavy (non-hydrogen) atoms. The molecule has 0 aromatic heterocycles. The first-order valence-corrected chi connectivity index (χ1v) is 6.57. The minimum Gasteiger partial charge on any atom is -0.224 e. The highest BCUT2D eigenvalue weighted by molar-refractivity contribution is 7.91. The van der Waals surface area contributed by atoms with Gasteiger partial charge in [0, 0.05) is 5.02 Å². The second kappa shape index (κ2) is 4.80. The highest BCUT2D eigenvalue weighted by atomic mass is 35.5. The number of halogens is 1. The van der Waals surface area contributed by atoms with Crippen molar-refractivity contribution in [2.75, 3.05) is 5.75 Å². The first-order chi connectivity index (χ1) is 6.56. The summed E-state index contributed by atoms with van der Waals surface area (Å²) in [7, 11) is -3.13. The number of hydrogen-bond donors (Lipinski definition) is 0. The van der Waals surface area contributed by atoms with Gasteiger partial charge < -0.3 is 0 Å². The summed E-state index contributed by atoms with van der Waals surface area (Å²) >= 11 is 5.72. The number of sulfone groups is 1. The van der Waals surface area contributed by atoms with E-state index in [1.54, 1.807) is 18.2 Å². The first-order valence-electron chi connectivity index (χ1n) is 4.54. The predicted octanol–water partition coefficient (Wildman–Crippen LogP) is 2.91. The summed E-state index contributed by atoms with van der Waals surface area (Å²) in [5.74, 6) is 0.198. The lowest BCUT2D eigenvalue weighted by atomic mass is 10.4. The molecular weight excluding hydrogens is 220 g/mol. The lowest BCUT2D eigenvalue weighted by molar-refractivity contribution is 0.592. The summed E-state index contributed by atoms with van der Waals surface area (Å²) in [5, 5.41) is 0.461. The van der Waals surface area contributed by atoms with Crippen molar-refractivity contribution in [3.8, 4) is 0 Å². The van der Waals surface area contributed by atoms with E-state index < -0.39 is 9.84 Å². The van der Waals surface area contributed by atoms with Crippen molar-refractivity contribution in [1.82, 2.24) is 0 Å². The number of unbranched alkanes of at least 4 members (excludes halogenated alkanes) is 1. The normalized spacial score (nSPS) is 11.6. The summed E-state index contributed by atoms with van der Waals surface area (Å²) in [6.07, 6.45) is 1.56. The fourth-order valence-electron chi connectivity index (χ4n) is 1.11. The van der Waals surface area contributed by atoms with Crippen LogP contribution in [0.5, 0.6) is 0 Å². The van der Waals surface area contributed by atoms with Gasteiger partial charge in [-0.25, -0.2) is 8.42 Å². The van der Waals surface area contributed by atoms with E-state index in [-0.39, 0.29) is 5.75 Å². The van der Waals surface area contributed by atoms with Gasteiger partial charge in [-0.1, -0.05) is 31.0 Å². The van der Waals surface area contributed by atoms with E-state index in [0.29, 0.717) is 16.3 Å². The molecule has 0 saturated carbocycles. The smallest absolute Gasteiger partial charge is 0.178 e. The molecule has 0 aliphatic heterocycles. The minimum absolute atomic E-state index is 0.198. The Bertz CT molecular complexity index is 398. The zero-order valence-corrected chi connectivity index (χ0v) is 9.61. The zero-order chi connectivity index (χ0) is 10.6. The summed E-state index contributed by atoms with van der Waals surface area (Å²) in [5.41, 5.74) is 0. The van der Waals surface area contributed by atoms with Crippen LogP contribution < -0.4 is 0 Å². The molecule has 0 radical (unpaired) electrons. The molecule has 0 spiro atoms. The Hall–Kier alpha value is -0.540. The van der Waals surface area contributed by atoms with Crippen LogP contribution in [-0.2, 0) is 9.84 Å². The van der Waals surface area contributed by atoms with Crippen molar-refractivity contribution in [3.63, 3.8) is 0 Å².